The van der Waals surface area contributed by atoms with E-state index in [1.165, 1.54) is 26.4 Å². The van der Waals surface area contributed by atoms with Gasteiger partial charge < -0.3 is 28.1 Å². The lowest BCUT2D eigenvalue weighted by atomic mass is 9.91. The van der Waals surface area contributed by atoms with Gasteiger partial charge in [-0.05, 0) is 24.6 Å². The Balaban J connectivity index is 1.83. The number of hydrogen-bond acceptors (Lipinski definition) is 8. The number of allylic oxidation sites excluding steroid dienone is 1. The molecule has 1 aromatic heterocycles. The summed E-state index contributed by atoms with van der Waals surface area (Å²) in [4.78, 5) is 23.8. The summed E-state index contributed by atoms with van der Waals surface area (Å²) < 4.78 is 31.9. The minimum atomic E-state index is -0.811. The molecule has 2 heterocycles. The van der Waals surface area contributed by atoms with Gasteiger partial charge in [-0.3, -0.25) is 0 Å². The standard InChI is InChI=1S/C22H24O8/c1-14(25-2)9-20(23)28-13-19-22(30-19,15-5-7-16(26-3)8-6-15)12-18-10-17(27-4)11-21(24)29-18/h5-11,19H,12-13H2,1-4H3/b14-9+. The Bertz CT molecular complexity index is 975. The minimum absolute atomic E-state index is 0.0343. The Morgan fingerprint density at radius 1 is 1.10 bits per heavy atom. The number of carbonyl (C=O) groups excluding carboxylic acids is 1. The zero-order valence-electron chi connectivity index (χ0n) is 17.3. The van der Waals surface area contributed by atoms with Crippen molar-refractivity contribution in [1.29, 1.82) is 0 Å². The molecule has 0 saturated carbocycles. The third kappa shape index (κ3) is 4.83. The second-order valence-corrected chi connectivity index (χ2v) is 6.77. The van der Waals surface area contributed by atoms with Gasteiger partial charge in [0.2, 0.25) is 0 Å². The van der Waals surface area contributed by atoms with E-state index in [0.717, 1.165) is 5.56 Å². The molecular formula is C22H24O8. The summed E-state index contributed by atoms with van der Waals surface area (Å²) in [7, 11) is 4.53. The van der Waals surface area contributed by atoms with Gasteiger partial charge in [0.25, 0.3) is 0 Å². The van der Waals surface area contributed by atoms with Crippen LogP contribution in [0.25, 0.3) is 0 Å². The summed E-state index contributed by atoms with van der Waals surface area (Å²) in [6.45, 7) is 1.69. The van der Waals surface area contributed by atoms with Crippen LogP contribution in [0, 0.1) is 0 Å². The highest BCUT2D eigenvalue weighted by Gasteiger charge is 2.58. The monoisotopic (exact) mass is 416 g/mol. The van der Waals surface area contributed by atoms with Gasteiger partial charge in [0, 0.05) is 12.5 Å². The maximum absolute atomic E-state index is 11.9. The molecule has 0 spiro atoms. The van der Waals surface area contributed by atoms with Crippen LogP contribution in [0.1, 0.15) is 18.2 Å². The van der Waals surface area contributed by atoms with E-state index in [4.69, 9.17) is 28.1 Å². The SMILES string of the molecule is CO/C(C)=C/C(=O)OCC1OC1(Cc1cc(OC)cc(=O)o1)c1ccc(OC)cc1. The van der Waals surface area contributed by atoms with Crippen molar-refractivity contribution in [2.24, 2.45) is 0 Å². The number of rotatable bonds is 9. The fourth-order valence-electron chi connectivity index (χ4n) is 3.17. The molecule has 8 heteroatoms. The zero-order chi connectivity index (χ0) is 21.7. The number of methoxy groups -OCH3 is 3. The van der Waals surface area contributed by atoms with Gasteiger partial charge >= 0.3 is 11.6 Å². The lowest BCUT2D eigenvalue weighted by Crippen LogP contribution is -2.21. The number of hydrogen-bond donors (Lipinski definition) is 0. The highest BCUT2D eigenvalue weighted by atomic mass is 16.6. The van der Waals surface area contributed by atoms with Crippen molar-refractivity contribution in [2.45, 2.75) is 25.0 Å². The zero-order valence-corrected chi connectivity index (χ0v) is 17.3. The molecule has 3 rings (SSSR count). The van der Waals surface area contributed by atoms with E-state index in [0.29, 0.717) is 23.0 Å². The van der Waals surface area contributed by atoms with Crippen molar-refractivity contribution in [2.75, 3.05) is 27.9 Å². The predicted octanol–water partition coefficient (Wildman–Crippen LogP) is 2.59. The normalized spacial score (nSPS) is 20.4. The number of esters is 1. The topological polar surface area (TPSA) is 96.7 Å². The van der Waals surface area contributed by atoms with Crippen molar-refractivity contribution in [1.82, 2.24) is 0 Å². The lowest BCUT2D eigenvalue weighted by Gasteiger charge is -2.14. The molecule has 0 amide bonds. The fourth-order valence-corrected chi connectivity index (χ4v) is 3.17. The fraction of sp³-hybridized carbons (Fsp3) is 0.364. The minimum Gasteiger partial charge on any atom is -0.501 e. The van der Waals surface area contributed by atoms with Crippen LogP contribution >= 0.6 is 0 Å². The lowest BCUT2D eigenvalue weighted by molar-refractivity contribution is -0.138. The van der Waals surface area contributed by atoms with E-state index in [1.807, 2.05) is 24.3 Å². The number of ether oxygens (including phenoxy) is 5. The van der Waals surface area contributed by atoms with Crippen LogP contribution in [0.3, 0.4) is 0 Å². The smallest absolute Gasteiger partial charge is 0.339 e. The molecule has 1 aromatic carbocycles. The van der Waals surface area contributed by atoms with E-state index in [9.17, 15) is 9.59 Å². The molecule has 0 aliphatic carbocycles. The second-order valence-electron chi connectivity index (χ2n) is 6.77. The van der Waals surface area contributed by atoms with Gasteiger partial charge in [-0.2, -0.15) is 0 Å². The van der Waals surface area contributed by atoms with E-state index >= 15 is 0 Å². The van der Waals surface area contributed by atoms with Crippen LogP contribution in [0.4, 0.5) is 0 Å². The van der Waals surface area contributed by atoms with E-state index in [1.54, 1.807) is 20.1 Å². The largest absolute Gasteiger partial charge is 0.501 e. The Kier molecular flexibility index (Phi) is 6.47. The highest BCUT2D eigenvalue weighted by molar-refractivity contribution is 5.82. The maximum atomic E-state index is 11.9. The van der Waals surface area contributed by atoms with Gasteiger partial charge in [-0.15, -0.1) is 0 Å². The molecule has 2 atom stereocenters. The molecule has 1 saturated heterocycles. The van der Waals surface area contributed by atoms with Gasteiger partial charge in [-0.1, -0.05) is 12.1 Å². The Morgan fingerprint density at radius 2 is 1.80 bits per heavy atom. The maximum Gasteiger partial charge on any atom is 0.339 e. The first kappa shape index (κ1) is 21.4. The molecule has 1 fully saturated rings. The molecule has 0 radical (unpaired) electrons. The molecule has 0 N–H and O–H groups in total. The second kappa shape index (κ2) is 9.04. The molecule has 30 heavy (non-hydrogen) atoms. The van der Waals surface area contributed by atoms with Crippen LogP contribution in [-0.2, 0) is 31.0 Å². The molecule has 2 unspecified atom stereocenters. The molecule has 1 aliphatic heterocycles. The summed E-state index contributed by atoms with van der Waals surface area (Å²) in [6, 6.07) is 10.3. The van der Waals surface area contributed by atoms with E-state index in [2.05, 4.69) is 0 Å². The number of benzene rings is 1. The Morgan fingerprint density at radius 3 is 2.43 bits per heavy atom. The average molecular weight is 416 g/mol. The molecular weight excluding hydrogens is 392 g/mol. The van der Waals surface area contributed by atoms with Crippen molar-refractivity contribution >= 4 is 5.97 Å². The molecule has 0 bridgehead atoms. The first-order chi connectivity index (χ1) is 14.4. The molecule has 2 aromatic rings. The quantitative estimate of drug-likeness (QED) is 0.266. The molecule has 160 valence electrons. The number of epoxide rings is 1. The average Bonchev–Trinajstić information content (AvgIpc) is 3.45. The van der Waals surface area contributed by atoms with Crippen LogP contribution in [0.2, 0.25) is 0 Å². The Labute approximate surface area is 174 Å². The highest BCUT2D eigenvalue weighted by Crippen LogP contribution is 2.49. The van der Waals surface area contributed by atoms with Crippen molar-refractivity contribution in [3.63, 3.8) is 0 Å². The molecule has 1 aliphatic rings. The first-order valence-corrected chi connectivity index (χ1v) is 9.29. The van der Waals surface area contributed by atoms with Gasteiger partial charge in [-0.25, -0.2) is 9.59 Å². The molecule has 8 nitrogen and oxygen atoms in total. The van der Waals surface area contributed by atoms with E-state index < -0.39 is 23.3 Å². The summed E-state index contributed by atoms with van der Waals surface area (Å²) >= 11 is 0. The number of carbonyl (C=O) groups is 1. The summed E-state index contributed by atoms with van der Waals surface area (Å²) in [5, 5.41) is 0. The summed E-state index contributed by atoms with van der Waals surface area (Å²) in [6.07, 6.45) is 1.11. The van der Waals surface area contributed by atoms with Crippen LogP contribution in [0.15, 0.2) is 57.4 Å². The van der Waals surface area contributed by atoms with Crippen LogP contribution < -0.4 is 15.1 Å². The van der Waals surface area contributed by atoms with Crippen LogP contribution in [0.5, 0.6) is 11.5 Å². The van der Waals surface area contributed by atoms with Gasteiger partial charge in [0.05, 0.1) is 39.2 Å². The first-order valence-electron chi connectivity index (χ1n) is 9.29. The van der Waals surface area contributed by atoms with Crippen molar-refractivity contribution < 1.29 is 32.9 Å². The van der Waals surface area contributed by atoms with Crippen molar-refractivity contribution in [3.8, 4) is 11.5 Å². The summed E-state index contributed by atoms with van der Waals surface area (Å²) in [5.41, 5.74) is -0.481. The van der Waals surface area contributed by atoms with E-state index in [-0.39, 0.29) is 13.0 Å². The third-order valence-electron chi connectivity index (χ3n) is 4.88. The van der Waals surface area contributed by atoms with Crippen LogP contribution in [-0.4, -0.2) is 40.0 Å². The van der Waals surface area contributed by atoms with Gasteiger partial charge in [0.15, 0.2) is 0 Å². The summed E-state index contributed by atoms with van der Waals surface area (Å²) in [5.74, 6) is 1.41. The predicted molar refractivity (Wildman–Crippen MR) is 107 cm³/mol. The Hall–Kier alpha value is -3.26. The van der Waals surface area contributed by atoms with Crippen molar-refractivity contribution in [3.05, 3.63) is 70.0 Å². The van der Waals surface area contributed by atoms with Gasteiger partial charge in [0.1, 0.15) is 35.6 Å². The third-order valence-corrected chi connectivity index (χ3v) is 4.88.